The maximum Gasteiger partial charge on any atom is 0.239 e. The largest absolute Gasteiger partial charge is 0.497 e. The molecule has 0 aromatic heterocycles. The van der Waals surface area contributed by atoms with Gasteiger partial charge in [0, 0.05) is 25.3 Å². The van der Waals surface area contributed by atoms with Gasteiger partial charge in [0.2, 0.25) is 5.91 Å². The topological polar surface area (TPSA) is 36.0 Å². The van der Waals surface area contributed by atoms with E-state index in [0.717, 1.165) is 38.5 Å². The van der Waals surface area contributed by atoms with Crippen LogP contribution in [0.3, 0.4) is 0 Å². The molecule has 0 spiro atoms. The van der Waals surface area contributed by atoms with Crippen LogP contribution in [0.1, 0.15) is 33.6 Å². The van der Waals surface area contributed by atoms with Crippen molar-refractivity contribution < 1.29 is 9.53 Å². The van der Waals surface area contributed by atoms with Gasteiger partial charge in [0.15, 0.2) is 0 Å². The summed E-state index contributed by atoms with van der Waals surface area (Å²) in [5.74, 6) is 1.15. The second kappa shape index (κ2) is 7.24. The van der Waals surface area contributed by atoms with Gasteiger partial charge >= 0.3 is 0 Å². The van der Waals surface area contributed by atoms with Gasteiger partial charge in [-0.05, 0) is 71.0 Å². The number of rotatable bonds is 4. The maximum atomic E-state index is 12.9. The van der Waals surface area contributed by atoms with Crippen molar-refractivity contribution in [1.29, 1.82) is 0 Å². The van der Waals surface area contributed by atoms with Crippen LogP contribution in [0.2, 0.25) is 0 Å². The van der Waals surface area contributed by atoms with Gasteiger partial charge in [-0.25, -0.2) is 0 Å². The molecule has 1 atom stereocenters. The van der Waals surface area contributed by atoms with Crippen LogP contribution in [0.5, 0.6) is 5.75 Å². The van der Waals surface area contributed by atoms with Crippen molar-refractivity contribution >= 4 is 11.6 Å². The van der Waals surface area contributed by atoms with E-state index in [1.807, 2.05) is 12.1 Å². The van der Waals surface area contributed by atoms with Gasteiger partial charge < -0.3 is 14.5 Å². The van der Waals surface area contributed by atoms with Crippen LogP contribution in [-0.4, -0.2) is 67.1 Å². The van der Waals surface area contributed by atoms with Crippen LogP contribution < -0.4 is 9.64 Å². The Bertz CT molecular complexity index is 593. The number of amides is 1. The van der Waals surface area contributed by atoms with E-state index in [1.165, 1.54) is 18.5 Å². The monoisotopic (exact) mass is 345 g/mol. The molecular formula is C20H31N3O2. The van der Waals surface area contributed by atoms with Gasteiger partial charge in [-0.15, -0.1) is 0 Å². The molecule has 0 N–H and O–H groups in total. The first-order chi connectivity index (χ1) is 11.9. The van der Waals surface area contributed by atoms with E-state index < -0.39 is 0 Å². The van der Waals surface area contributed by atoms with E-state index in [4.69, 9.17) is 4.74 Å². The first-order valence-electron chi connectivity index (χ1n) is 9.37. The number of hydrogen-bond donors (Lipinski definition) is 0. The normalized spacial score (nSPS) is 22.1. The standard InChI is InChI=1S/C20H31N3O2/c1-16(21-11-5-6-12-21)19(24)22-13-14-23(20(2,3)15-22)17-7-9-18(25-4)10-8-17/h7-10,16H,5-6,11-15H2,1-4H3/t16-/m1/s1. The molecule has 2 saturated heterocycles. The molecule has 25 heavy (non-hydrogen) atoms. The number of piperazine rings is 1. The van der Waals surface area contributed by atoms with Gasteiger partial charge in [-0.3, -0.25) is 9.69 Å². The van der Waals surface area contributed by atoms with Crippen LogP contribution in [0, 0.1) is 0 Å². The van der Waals surface area contributed by atoms with E-state index in [9.17, 15) is 4.79 Å². The molecule has 5 heteroatoms. The summed E-state index contributed by atoms with van der Waals surface area (Å²) in [6.07, 6.45) is 2.43. The molecule has 3 rings (SSSR count). The average molecular weight is 345 g/mol. The van der Waals surface area contributed by atoms with Gasteiger partial charge in [-0.1, -0.05) is 0 Å². The summed E-state index contributed by atoms with van der Waals surface area (Å²) in [6, 6.07) is 8.21. The van der Waals surface area contributed by atoms with Crippen molar-refractivity contribution in [3.05, 3.63) is 24.3 Å². The SMILES string of the molecule is COc1ccc(N2CCN(C(=O)[C@@H](C)N3CCCC3)CC2(C)C)cc1. The summed E-state index contributed by atoms with van der Waals surface area (Å²) in [5, 5.41) is 0. The Morgan fingerprint density at radius 2 is 1.72 bits per heavy atom. The number of carbonyl (C=O) groups excluding carboxylic acids is 1. The van der Waals surface area contributed by atoms with Crippen molar-refractivity contribution in [2.45, 2.75) is 45.2 Å². The first kappa shape index (κ1) is 18.1. The number of hydrogen-bond acceptors (Lipinski definition) is 4. The zero-order valence-corrected chi connectivity index (χ0v) is 16.0. The third-order valence-corrected chi connectivity index (χ3v) is 5.64. The molecule has 0 bridgehead atoms. The average Bonchev–Trinajstić information content (AvgIpc) is 3.14. The Morgan fingerprint density at radius 3 is 2.28 bits per heavy atom. The van der Waals surface area contributed by atoms with E-state index in [-0.39, 0.29) is 17.5 Å². The zero-order valence-electron chi connectivity index (χ0n) is 16.0. The third kappa shape index (κ3) is 3.76. The number of anilines is 1. The van der Waals surface area contributed by atoms with Gasteiger partial charge in [0.1, 0.15) is 5.75 Å². The highest BCUT2D eigenvalue weighted by atomic mass is 16.5. The summed E-state index contributed by atoms with van der Waals surface area (Å²) in [4.78, 5) is 19.7. The Labute approximate surface area is 151 Å². The maximum absolute atomic E-state index is 12.9. The van der Waals surface area contributed by atoms with Gasteiger partial charge in [0.25, 0.3) is 0 Å². The molecule has 0 saturated carbocycles. The second-order valence-electron chi connectivity index (χ2n) is 7.84. The summed E-state index contributed by atoms with van der Waals surface area (Å²) in [6.45, 7) is 11.0. The molecule has 2 fully saturated rings. The molecule has 5 nitrogen and oxygen atoms in total. The quantitative estimate of drug-likeness (QED) is 0.840. The smallest absolute Gasteiger partial charge is 0.239 e. The first-order valence-corrected chi connectivity index (χ1v) is 9.37. The molecule has 1 aromatic carbocycles. The third-order valence-electron chi connectivity index (χ3n) is 5.64. The summed E-state index contributed by atoms with van der Waals surface area (Å²) in [7, 11) is 1.69. The number of ether oxygens (including phenoxy) is 1. The van der Waals surface area contributed by atoms with Gasteiger partial charge in [0.05, 0.1) is 18.7 Å². The molecule has 2 aliphatic heterocycles. The summed E-state index contributed by atoms with van der Waals surface area (Å²) < 4.78 is 5.26. The fourth-order valence-corrected chi connectivity index (χ4v) is 4.13. The van der Waals surface area contributed by atoms with E-state index in [2.05, 4.69) is 47.6 Å². The molecule has 0 unspecified atom stereocenters. The highest BCUT2D eigenvalue weighted by molar-refractivity contribution is 5.82. The highest BCUT2D eigenvalue weighted by Gasteiger charge is 2.38. The predicted molar refractivity (Wildman–Crippen MR) is 101 cm³/mol. The molecule has 0 radical (unpaired) electrons. The van der Waals surface area contributed by atoms with E-state index in [0.29, 0.717) is 0 Å². The fourth-order valence-electron chi connectivity index (χ4n) is 4.13. The summed E-state index contributed by atoms with van der Waals surface area (Å²) >= 11 is 0. The summed E-state index contributed by atoms with van der Waals surface area (Å²) in [5.41, 5.74) is 1.10. The van der Waals surface area contributed by atoms with Crippen LogP contribution in [0.25, 0.3) is 0 Å². The molecular weight excluding hydrogens is 314 g/mol. The number of methoxy groups -OCH3 is 1. The van der Waals surface area contributed by atoms with Crippen molar-refractivity contribution in [1.82, 2.24) is 9.80 Å². The van der Waals surface area contributed by atoms with Crippen LogP contribution in [0.4, 0.5) is 5.69 Å². The Morgan fingerprint density at radius 1 is 1.08 bits per heavy atom. The molecule has 2 aliphatic rings. The Kier molecular flexibility index (Phi) is 5.23. The molecule has 0 aliphatic carbocycles. The second-order valence-corrected chi connectivity index (χ2v) is 7.84. The minimum absolute atomic E-state index is 0.00540. The minimum Gasteiger partial charge on any atom is -0.497 e. The van der Waals surface area contributed by atoms with Crippen LogP contribution >= 0.6 is 0 Å². The number of benzene rings is 1. The molecule has 138 valence electrons. The van der Waals surface area contributed by atoms with Crippen molar-refractivity contribution in [2.24, 2.45) is 0 Å². The number of nitrogens with zero attached hydrogens (tertiary/aromatic N) is 3. The van der Waals surface area contributed by atoms with Crippen molar-refractivity contribution in [3.63, 3.8) is 0 Å². The zero-order chi connectivity index (χ0) is 18.0. The fraction of sp³-hybridized carbons (Fsp3) is 0.650. The van der Waals surface area contributed by atoms with E-state index in [1.54, 1.807) is 7.11 Å². The van der Waals surface area contributed by atoms with Crippen molar-refractivity contribution in [2.75, 3.05) is 44.7 Å². The van der Waals surface area contributed by atoms with Crippen molar-refractivity contribution in [3.8, 4) is 5.75 Å². The lowest BCUT2D eigenvalue weighted by Gasteiger charge is -2.49. The van der Waals surface area contributed by atoms with Crippen LogP contribution in [-0.2, 0) is 4.79 Å². The number of carbonyl (C=O) groups is 1. The highest BCUT2D eigenvalue weighted by Crippen LogP contribution is 2.30. The van der Waals surface area contributed by atoms with Gasteiger partial charge in [-0.2, -0.15) is 0 Å². The molecule has 1 aromatic rings. The molecule has 1 amide bonds. The van der Waals surface area contributed by atoms with E-state index >= 15 is 0 Å². The number of likely N-dealkylation sites (tertiary alicyclic amines) is 1. The Hall–Kier alpha value is -1.75. The lowest BCUT2D eigenvalue weighted by Crippen LogP contribution is -2.62. The van der Waals surface area contributed by atoms with Crippen LogP contribution in [0.15, 0.2) is 24.3 Å². The molecule has 2 heterocycles. The minimum atomic E-state index is -0.0901. The lowest BCUT2D eigenvalue weighted by atomic mass is 9.97. The lowest BCUT2D eigenvalue weighted by molar-refractivity contribution is -0.137. The predicted octanol–water partition coefficient (Wildman–Crippen LogP) is 2.61. The Balaban J connectivity index is 1.67.